The first-order chi connectivity index (χ1) is 8.39. The molecule has 19 heavy (non-hydrogen) atoms. The molecule has 1 aliphatic rings. The van der Waals surface area contributed by atoms with Crippen molar-refractivity contribution in [2.45, 2.75) is 18.6 Å². The largest absolute Gasteiger partial charge is 0.417 e. The van der Waals surface area contributed by atoms with E-state index >= 15 is 0 Å². The van der Waals surface area contributed by atoms with Crippen molar-refractivity contribution in [2.75, 3.05) is 25.0 Å². The molecule has 3 nitrogen and oxygen atoms in total. The van der Waals surface area contributed by atoms with Gasteiger partial charge in [0.2, 0.25) is 0 Å². The van der Waals surface area contributed by atoms with Crippen LogP contribution in [0.4, 0.5) is 19.0 Å². The van der Waals surface area contributed by atoms with Gasteiger partial charge in [0.25, 0.3) is 0 Å². The Balaban J connectivity index is 0.00000180. The predicted molar refractivity (Wildman–Crippen MR) is 71.2 cm³/mol. The number of aromatic nitrogens is 1. The van der Waals surface area contributed by atoms with Crippen LogP contribution in [0.5, 0.6) is 0 Å². The summed E-state index contributed by atoms with van der Waals surface area (Å²) in [6.45, 7) is 1.68. The SMILES string of the molecule is CN(c1ncc(C(F)(F)F)cc1Cl)[C@@H]1CCNC1.Cl. The lowest BCUT2D eigenvalue weighted by Crippen LogP contribution is -2.34. The number of rotatable bonds is 2. The van der Waals surface area contributed by atoms with Crippen molar-refractivity contribution >= 4 is 29.8 Å². The van der Waals surface area contributed by atoms with Crippen molar-refractivity contribution in [1.82, 2.24) is 10.3 Å². The van der Waals surface area contributed by atoms with Gasteiger partial charge in [-0.1, -0.05) is 11.6 Å². The summed E-state index contributed by atoms with van der Waals surface area (Å²) in [6, 6.07) is 1.13. The zero-order valence-electron chi connectivity index (χ0n) is 10.2. The van der Waals surface area contributed by atoms with E-state index in [1.165, 1.54) is 0 Å². The molecule has 0 saturated carbocycles. The molecule has 1 aromatic rings. The highest BCUT2D eigenvalue weighted by Gasteiger charge is 2.32. The summed E-state index contributed by atoms with van der Waals surface area (Å²) in [4.78, 5) is 5.66. The molecule has 0 unspecified atom stereocenters. The molecule has 108 valence electrons. The van der Waals surface area contributed by atoms with Crippen LogP contribution in [0.25, 0.3) is 0 Å². The second kappa shape index (κ2) is 6.15. The number of pyridine rings is 1. The Bertz CT molecular complexity index is 434. The van der Waals surface area contributed by atoms with Crippen LogP contribution in [-0.2, 0) is 6.18 Å². The molecular weight excluding hydrogens is 302 g/mol. The smallest absolute Gasteiger partial charge is 0.354 e. The normalized spacial score (nSPS) is 19.1. The topological polar surface area (TPSA) is 28.2 Å². The molecule has 8 heteroatoms. The van der Waals surface area contributed by atoms with Gasteiger partial charge in [0.15, 0.2) is 0 Å². The Morgan fingerprint density at radius 3 is 2.63 bits per heavy atom. The van der Waals surface area contributed by atoms with Gasteiger partial charge in [-0.05, 0) is 19.0 Å². The summed E-state index contributed by atoms with van der Waals surface area (Å²) in [6.07, 6.45) is -2.67. The van der Waals surface area contributed by atoms with Crippen molar-refractivity contribution in [2.24, 2.45) is 0 Å². The van der Waals surface area contributed by atoms with Crippen LogP contribution in [0.15, 0.2) is 12.3 Å². The maximum absolute atomic E-state index is 12.5. The Labute approximate surface area is 120 Å². The van der Waals surface area contributed by atoms with Crippen LogP contribution in [0, 0.1) is 0 Å². The highest BCUT2D eigenvalue weighted by atomic mass is 35.5. The first-order valence-corrected chi connectivity index (χ1v) is 5.93. The van der Waals surface area contributed by atoms with Crippen molar-refractivity contribution < 1.29 is 13.2 Å². The highest BCUT2D eigenvalue weighted by Crippen LogP contribution is 2.33. The molecule has 0 bridgehead atoms. The molecule has 0 spiro atoms. The van der Waals surface area contributed by atoms with Crippen molar-refractivity contribution in [1.29, 1.82) is 0 Å². The van der Waals surface area contributed by atoms with Gasteiger partial charge in [0, 0.05) is 25.8 Å². The van der Waals surface area contributed by atoms with Crippen LogP contribution in [-0.4, -0.2) is 31.2 Å². The van der Waals surface area contributed by atoms with Crippen LogP contribution >= 0.6 is 24.0 Å². The van der Waals surface area contributed by atoms with E-state index in [1.807, 2.05) is 4.90 Å². The number of nitrogens with zero attached hydrogens (tertiary/aromatic N) is 2. The number of alkyl halides is 3. The number of anilines is 1. The van der Waals surface area contributed by atoms with Crippen LogP contribution in [0.1, 0.15) is 12.0 Å². The summed E-state index contributed by atoms with van der Waals surface area (Å²) in [5, 5.41) is 3.21. The second-order valence-corrected chi connectivity index (χ2v) is 4.69. The molecule has 1 N–H and O–H groups in total. The Kier molecular flexibility index (Phi) is 5.29. The fourth-order valence-corrected chi connectivity index (χ4v) is 2.29. The molecule has 0 amide bonds. The van der Waals surface area contributed by atoms with E-state index in [0.29, 0.717) is 5.82 Å². The number of hydrogen-bond donors (Lipinski definition) is 1. The molecule has 0 aliphatic carbocycles. The lowest BCUT2D eigenvalue weighted by Gasteiger charge is -2.26. The Morgan fingerprint density at radius 2 is 2.16 bits per heavy atom. The summed E-state index contributed by atoms with van der Waals surface area (Å²) < 4.78 is 37.4. The number of halogens is 5. The minimum atomic E-state index is -4.41. The van der Waals surface area contributed by atoms with Gasteiger partial charge in [-0.3, -0.25) is 0 Å². The van der Waals surface area contributed by atoms with Gasteiger partial charge >= 0.3 is 6.18 Å². The van der Waals surface area contributed by atoms with Gasteiger partial charge in [-0.2, -0.15) is 13.2 Å². The molecule has 1 aliphatic heterocycles. The van der Waals surface area contributed by atoms with Crippen molar-refractivity contribution in [3.05, 3.63) is 22.8 Å². The standard InChI is InChI=1S/C11H13ClF3N3.ClH/c1-18(8-2-3-16-6-8)10-9(12)4-7(5-17-10)11(13,14)15;/h4-5,8,16H,2-3,6H2,1H3;1H/t8-;/m1./s1. The minimum Gasteiger partial charge on any atom is -0.354 e. The lowest BCUT2D eigenvalue weighted by atomic mass is 10.2. The average molecular weight is 316 g/mol. The van der Waals surface area contributed by atoms with E-state index < -0.39 is 11.7 Å². The molecule has 1 fully saturated rings. The van der Waals surface area contributed by atoms with Gasteiger partial charge in [-0.25, -0.2) is 4.98 Å². The van der Waals surface area contributed by atoms with Crippen molar-refractivity contribution in [3.63, 3.8) is 0 Å². The minimum absolute atomic E-state index is 0. The third-order valence-corrected chi connectivity index (χ3v) is 3.34. The highest BCUT2D eigenvalue weighted by molar-refractivity contribution is 6.33. The number of nitrogens with one attached hydrogen (secondary N) is 1. The first-order valence-electron chi connectivity index (χ1n) is 5.56. The van der Waals surface area contributed by atoms with E-state index in [4.69, 9.17) is 11.6 Å². The lowest BCUT2D eigenvalue weighted by molar-refractivity contribution is -0.137. The fourth-order valence-electron chi connectivity index (χ4n) is 1.99. The van der Waals surface area contributed by atoms with Gasteiger partial charge < -0.3 is 10.2 Å². The molecule has 1 atom stereocenters. The van der Waals surface area contributed by atoms with Gasteiger partial charge in [-0.15, -0.1) is 12.4 Å². The summed E-state index contributed by atoms with van der Waals surface area (Å²) in [5.74, 6) is 0.387. The van der Waals surface area contributed by atoms with E-state index in [2.05, 4.69) is 10.3 Å². The average Bonchev–Trinajstić information content (AvgIpc) is 2.80. The third-order valence-electron chi connectivity index (χ3n) is 3.07. The quantitative estimate of drug-likeness (QED) is 0.909. The molecule has 0 aromatic carbocycles. The summed E-state index contributed by atoms with van der Waals surface area (Å²) in [7, 11) is 1.79. The molecule has 2 heterocycles. The van der Waals surface area contributed by atoms with Gasteiger partial charge in [0.05, 0.1) is 10.6 Å². The third kappa shape index (κ3) is 3.64. The molecule has 2 rings (SSSR count). The Hall–Kier alpha value is -0.720. The maximum atomic E-state index is 12.5. The summed E-state index contributed by atoms with van der Waals surface area (Å²) >= 11 is 5.88. The molecular formula is C11H14Cl2F3N3. The number of likely N-dealkylation sites (N-methyl/N-ethyl adjacent to an activating group) is 1. The monoisotopic (exact) mass is 315 g/mol. The predicted octanol–water partition coefficient (Wildman–Crippen LogP) is 2.97. The van der Waals surface area contributed by atoms with Crippen LogP contribution in [0.3, 0.4) is 0 Å². The maximum Gasteiger partial charge on any atom is 0.417 e. The Morgan fingerprint density at radius 1 is 1.47 bits per heavy atom. The van der Waals surface area contributed by atoms with E-state index in [1.54, 1.807) is 7.05 Å². The van der Waals surface area contributed by atoms with E-state index in [0.717, 1.165) is 31.8 Å². The van der Waals surface area contributed by atoms with E-state index in [-0.39, 0.29) is 23.5 Å². The van der Waals surface area contributed by atoms with Crippen LogP contribution < -0.4 is 10.2 Å². The first kappa shape index (κ1) is 16.3. The summed E-state index contributed by atoms with van der Waals surface area (Å²) in [5.41, 5.74) is -0.825. The molecule has 1 saturated heterocycles. The zero-order valence-corrected chi connectivity index (χ0v) is 11.7. The van der Waals surface area contributed by atoms with Crippen LogP contribution in [0.2, 0.25) is 5.02 Å². The molecule has 1 aromatic heterocycles. The molecule has 0 radical (unpaired) electrons. The van der Waals surface area contributed by atoms with Gasteiger partial charge in [0.1, 0.15) is 5.82 Å². The number of hydrogen-bond acceptors (Lipinski definition) is 3. The van der Waals surface area contributed by atoms with E-state index in [9.17, 15) is 13.2 Å². The second-order valence-electron chi connectivity index (χ2n) is 4.28. The fraction of sp³-hybridized carbons (Fsp3) is 0.545. The zero-order chi connectivity index (χ0) is 13.3. The van der Waals surface area contributed by atoms with Crippen molar-refractivity contribution in [3.8, 4) is 0 Å².